The van der Waals surface area contributed by atoms with Crippen molar-refractivity contribution in [3.05, 3.63) is 59.4 Å². The zero-order valence-electron chi connectivity index (χ0n) is 11.2. The number of benzene rings is 2. The first-order valence-electron chi connectivity index (χ1n) is 6.28. The van der Waals surface area contributed by atoms with Crippen molar-refractivity contribution in [1.82, 2.24) is 0 Å². The maximum atomic E-state index is 13.6. The third-order valence-corrected chi connectivity index (χ3v) is 2.81. The molecule has 3 nitrogen and oxygen atoms in total. The predicted octanol–water partition coefficient (Wildman–Crippen LogP) is 3.65. The maximum absolute atomic E-state index is 13.6. The lowest BCUT2D eigenvalue weighted by atomic mass is 10.2. The van der Waals surface area contributed by atoms with Crippen LogP contribution in [-0.2, 0) is 6.54 Å². The van der Waals surface area contributed by atoms with Gasteiger partial charge in [0.2, 0.25) is 0 Å². The van der Waals surface area contributed by atoms with E-state index in [1.54, 1.807) is 18.2 Å². The van der Waals surface area contributed by atoms with Gasteiger partial charge in [-0.2, -0.15) is 5.26 Å². The van der Waals surface area contributed by atoms with Gasteiger partial charge in [0.1, 0.15) is 17.6 Å². The second kappa shape index (κ2) is 6.58. The largest absolute Gasteiger partial charge is 0.479 e. The Labute approximate surface area is 117 Å². The molecule has 0 aliphatic rings. The van der Waals surface area contributed by atoms with Gasteiger partial charge in [0, 0.05) is 6.54 Å². The summed E-state index contributed by atoms with van der Waals surface area (Å²) in [6, 6.07) is 14.2. The van der Waals surface area contributed by atoms with E-state index in [4.69, 9.17) is 10.00 Å². The van der Waals surface area contributed by atoms with Crippen molar-refractivity contribution in [2.45, 2.75) is 13.5 Å². The molecule has 0 atom stereocenters. The molecule has 0 amide bonds. The van der Waals surface area contributed by atoms with Crippen LogP contribution in [0.3, 0.4) is 0 Å². The molecule has 4 heteroatoms. The van der Waals surface area contributed by atoms with E-state index >= 15 is 0 Å². The Morgan fingerprint density at radius 1 is 1.25 bits per heavy atom. The van der Waals surface area contributed by atoms with Crippen molar-refractivity contribution in [2.24, 2.45) is 0 Å². The molecule has 0 unspecified atom stereocenters. The number of nitrogens with one attached hydrogen (secondary N) is 1. The fourth-order valence-corrected chi connectivity index (χ4v) is 1.83. The highest BCUT2D eigenvalue weighted by molar-refractivity contribution is 5.47. The molecule has 0 spiro atoms. The molecule has 102 valence electrons. The van der Waals surface area contributed by atoms with Crippen LogP contribution in [0, 0.1) is 24.1 Å². The average molecular weight is 270 g/mol. The van der Waals surface area contributed by atoms with Crippen LogP contribution in [0.4, 0.5) is 10.1 Å². The SMILES string of the molecule is Cc1ccc(F)c(NCc2cccc(OCC#N)c2)c1. The van der Waals surface area contributed by atoms with Crippen LogP contribution >= 0.6 is 0 Å². The molecule has 0 saturated carbocycles. The Hall–Kier alpha value is -2.54. The number of aryl methyl sites for hydroxylation is 1. The number of nitrogens with zero attached hydrogens (tertiary/aromatic N) is 1. The van der Waals surface area contributed by atoms with Gasteiger partial charge in [-0.3, -0.25) is 0 Å². The Kier molecular flexibility index (Phi) is 4.56. The maximum Gasteiger partial charge on any atom is 0.174 e. The van der Waals surface area contributed by atoms with E-state index in [0.717, 1.165) is 11.1 Å². The Morgan fingerprint density at radius 3 is 2.90 bits per heavy atom. The number of ether oxygens (including phenoxy) is 1. The van der Waals surface area contributed by atoms with Gasteiger partial charge in [0.25, 0.3) is 0 Å². The van der Waals surface area contributed by atoms with E-state index in [2.05, 4.69) is 5.32 Å². The van der Waals surface area contributed by atoms with Crippen molar-refractivity contribution >= 4 is 5.69 Å². The van der Waals surface area contributed by atoms with Crippen molar-refractivity contribution in [1.29, 1.82) is 5.26 Å². The first-order valence-corrected chi connectivity index (χ1v) is 6.28. The van der Waals surface area contributed by atoms with Crippen LogP contribution in [0.1, 0.15) is 11.1 Å². The highest BCUT2D eigenvalue weighted by atomic mass is 19.1. The van der Waals surface area contributed by atoms with Crippen LogP contribution in [0.5, 0.6) is 5.75 Å². The molecular formula is C16H15FN2O. The smallest absolute Gasteiger partial charge is 0.174 e. The van der Waals surface area contributed by atoms with Crippen LogP contribution in [-0.4, -0.2) is 6.61 Å². The summed E-state index contributed by atoms with van der Waals surface area (Å²) in [5.74, 6) is 0.364. The minimum atomic E-state index is -0.271. The van der Waals surface area contributed by atoms with Crippen molar-refractivity contribution in [3.63, 3.8) is 0 Å². The summed E-state index contributed by atoms with van der Waals surface area (Å²) in [6.45, 7) is 2.43. The third kappa shape index (κ3) is 3.72. The van der Waals surface area contributed by atoms with Crippen molar-refractivity contribution < 1.29 is 9.13 Å². The summed E-state index contributed by atoms with van der Waals surface area (Å²) in [5.41, 5.74) is 2.44. The molecule has 20 heavy (non-hydrogen) atoms. The first-order chi connectivity index (χ1) is 9.69. The molecule has 0 fully saturated rings. The Bertz CT molecular complexity index is 635. The van der Waals surface area contributed by atoms with E-state index in [-0.39, 0.29) is 12.4 Å². The van der Waals surface area contributed by atoms with Gasteiger partial charge < -0.3 is 10.1 Å². The lowest BCUT2D eigenvalue weighted by Crippen LogP contribution is -2.02. The summed E-state index contributed by atoms with van der Waals surface area (Å²) in [5, 5.41) is 11.5. The number of hydrogen-bond donors (Lipinski definition) is 1. The van der Waals surface area contributed by atoms with Crippen molar-refractivity contribution in [3.8, 4) is 11.8 Å². The topological polar surface area (TPSA) is 45.0 Å². The van der Waals surface area contributed by atoms with Crippen LogP contribution < -0.4 is 10.1 Å². The molecule has 0 heterocycles. The summed E-state index contributed by atoms with van der Waals surface area (Å²) in [7, 11) is 0. The van der Waals surface area contributed by atoms with Gasteiger partial charge in [-0.25, -0.2) is 4.39 Å². The number of nitriles is 1. The second-order valence-electron chi connectivity index (χ2n) is 4.43. The van der Waals surface area contributed by atoms with Gasteiger partial charge in [-0.15, -0.1) is 0 Å². The number of rotatable bonds is 5. The Balaban J connectivity index is 2.03. The lowest BCUT2D eigenvalue weighted by molar-refractivity contribution is 0.368. The first kappa shape index (κ1) is 13.9. The van der Waals surface area contributed by atoms with E-state index < -0.39 is 0 Å². The second-order valence-corrected chi connectivity index (χ2v) is 4.43. The molecule has 2 aromatic rings. The Morgan fingerprint density at radius 2 is 2.10 bits per heavy atom. The van der Waals surface area contributed by atoms with Gasteiger partial charge in [-0.1, -0.05) is 18.2 Å². The van der Waals surface area contributed by atoms with Crippen LogP contribution in [0.2, 0.25) is 0 Å². The quantitative estimate of drug-likeness (QED) is 0.902. The van der Waals surface area contributed by atoms with Crippen LogP contribution in [0.25, 0.3) is 0 Å². The summed E-state index contributed by atoms with van der Waals surface area (Å²) in [4.78, 5) is 0. The number of anilines is 1. The summed E-state index contributed by atoms with van der Waals surface area (Å²) >= 11 is 0. The zero-order valence-corrected chi connectivity index (χ0v) is 11.2. The molecule has 0 bridgehead atoms. The fourth-order valence-electron chi connectivity index (χ4n) is 1.83. The predicted molar refractivity (Wildman–Crippen MR) is 76.0 cm³/mol. The summed E-state index contributed by atoms with van der Waals surface area (Å²) < 4.78 is 18.8. The number of halogens is 1. The highest BCUT2D eigenvalue weighted by Gasteiger charge is 2.02. The zero-order chi connectivity index (χ0) is 14.4. The molecule has 0 aromatic heterocycles. The van der Waals surface area contributed by atoms with Gasteiger partial charge in [0.15, 0.2) is 6.61 Å². The molecule has 2 rings (SSSR count). The molecule has 1 N–H and O–H groups in total. The van der Waals surface area contributed by atoms with E-state index in [1.165, 1.54) is 6.07 Å². The average Bonchev–Trinajstić information content (AvgIpc) is 2.46. The highest BCUT2D eigenvalue weighted by Crippen LogP contribution is 2.18. The van der Waals surface area contributed by atoms with Gasteiger partial charge in [-0.05, 0) is 42.3 Å². The van der Waals surface area contributed by atoms with Crippen molar-refractivity contribution in [2.75, 3.05) is 11.9 Å². The van der Waals surface area contributed by atoms with E-state index in [9.17, 15) is 4.39 Å². The number of hydrogen-bond acceptors (Lipinski definition) is 3. The van der Waals surface area contributed by atoms with Gasteiger partial charge in [0.05, 0.1) is 5.69 Å². The molecule has 0 aliphatic carbocycles. The minimum absolute atomic E-state index is 0.0173. The summed E-state index contributed by atoms with van der Waals surface area (Å²) in [6.07, 6.45) is 0. The molecule has 0 aliphatic heterocycles. The standard InChI is InChI=1S/C16H15FN2O/c1-12-5-6-15(17)16(9-12)19-11-13-3-2-4-14(10-13)20-8-7-18/h2-6,9-10,19H,8,11H2,1H3. The molecule has 0 radical (unpaired) electrons. The molecular weight excluding hydrogens is 255 g/mol. The molecule has 0 saturated heterocycles. The normalized spacial score (nSPS) is 9.85. The fraction of sp³-hybridized carbons (Fsp3) is 0.188. The monoisotopic (exact) mass is 270 g/mol. The van der Waals surface area contributed by atoms with E-state index in [0.29, 0.717) is 18.0 Å². The van der Waals surface area contributed by atoms with Crippen LogP contribution in [0.15, 0.2) is 42.5 Å². The van der Waals surface area contributed by atoms with E-state index in [1.807, 2.05) is 31.2 Å². The van der Waals surface area contributed by atoms with Gasteiger partial charge >= 0.3 is 0 Å². The lowest BCUT2D eigenvalue weighted by Gasteiger charge is -2.09. The minimum Gasteiger partial charge on any atom is -0.479 e. The third-order valence-electron chi connectivity index (χ3n) is 2.81. The molecule has 2 aromatic carbocycles.